The van der Waals surface area contributed by atoms with Gasteiger partial charge in [0.05, 0.1) is 0 Å². The molecule has 1 fully saturated rings. The largest absolute Gasteiger partial charge is 0.355 e. The second-order valence-corrected chi connectivity index (χ2v) is 8.05. The van der Waals surface area contributed by atoms with Crippen molar-refractivity contribution in [3.8, 4) is 0 Å². The van der Waals surface area contributed by atoms with Crippen LogP contribution in [0.2, 0.25) is 0 Å². The summed E-state index contributed by atoms with van der Waals surface area (Å²) in [5.41, 5.74) is 1.21. The highest BCUT2D eigenvalue weighted by Gasteiger charge is 2.18. The summed E-state index contributed by atoms with van der Waals surface area (Å²) < 4.78 is 0. The van der Waals surface area contributed by atoms with Crippen LogP contribution in [0.5, 0.6) is 0 Å². The molecule has 1 aromatic rings. The Morgan fingerprint density at radius 2 is 1.82 bits per heavy atom. The number of nitrogens with one attached hydrogen (secondary N) is 2. The van der Waals surface area contributed by atoms with Gasteiger partial charge >= 0.3 is 0 Å². The zero-order valence-electron chi connectivity index (χ0n) is 18.6. The summed E-state index contributed by atoms with van der Waals surface area (Å²) in [4.78, 5) is 16.3. The van der Waals surface area contributed by atoms with Gasteiger partial charge in [0, 0.05) is 76.7 Å². The van der Waals surface area contributed by atoms with Crippen LogP contribution in [-0.4, -0.2) is 86.2 Å². The molecule has 0 amide bonds. The third-order valence-corrected chi connectivity index (χ3v) is 5.33. The minimum absolute atomic E-state index is 0.540. The van der Waals surface area contributed by atoms with Crippen LogP contribution in [0.25, 0.3) is 0 Å². The second kappa shape index (κ2) is 11.2. The van der Waals surface area contributed by atoms with E-state index < -0.39 is 0 Å². The van der Waals surface area contributed by atoms with E-state index >= 15 is 0 Å². The average Bonchev–Trinajstić information content (AvgIpc) is 2.68. The molecular weight excluding hydrogens is 350 g/mol. The van der Waals surface area contributed by atoms with Gasteiger partial charge in [0.1, 0.15) is 5.82 Å². The van der Waals surface area contributed by atoms with Crippen molar-refractivity contribution in [1.82, 2.24) is 25.4 Å². The maximum absolute atomic E-state index is 4.66. The molecule has 1 aliphatic rings. The van der Waals surface area contributed by atoms with Gasteiger partial charge in [-0.25, -0.2) is 4.98 Å². The maximum atomic E-state index is 4.66. The molecule has 7 heteroatoms. The van der Waals surface area contributed by atoms with E-state index in [9.17, 15) is 0 Å². The van der Waals surface area contributed by atoms with Gasteiger partial charge in [-0.2, -0.15) is 0 Å². The van der Waals surface area contributed by atoms with Crippen LogP contribution in [-0.2, 0) is 6.54 Å². The quantitative estimate of drug-likeness (QED) is 0.520. The number of aromatic nitrogens is 1. The lowest BCUT2D eigenvalue weighted by Gasteiger charge is -2.34. The Labute approximate surface area is 171 Å². The summed E-state index contributed by atoms with van der Waals surface area (Å²) in [7, 11) is 4.00. The molecule has 0 aliphatic carbocycles. The summed E-state index contributed by atoms with van der Waals surface area (Å²) >= 11 is 0. The first kappa shape index (κ1) is 22.4. The van der Waals surface area contributed by atoms with Gasteiger partial charge in [0.15, 0.2) is 5.96 Å². The predicted molar refractivity (Wildman–Crippen MR) is 119 cm³/mol. The van der Waals surface area contributed by atoms with E-state index in [1.165, 1.54) is 5.56 Å². The van der Waals surface area contributed by atoms with Crippen molar-refractivity contribution in [3.05, 3.63) is 23.9 Å². The Bertz CT molecular complexity index is 599. The van der Waals surface area contributed by atoms with Crippen molar-refractivity contribution in [2.45, 2.75) is 46.3 Å². The fraction of sp³-hybridized carbons (Fsp3) is 0.714. The summed E-state index contributed by atoms with van der Waals surface area (Å²) in [5.74, 6) is 1.92. The van der Waals surface area contributed by atoms with E-state index in [4.69, 9.17) is 0 Å². The molecule has 0 saturated carbocycles. The number of nitrogens with zero attached hydrogens (tertiary/aromatic N) is 5. The summed E-state index contributed by atoms with van der Waals surface area (Å²) in [6, 6.07) is 5.24. The summed E-state index contributed by atoms with van der Waals surface area (Å²) in [6.45, 7) is 15.8. The van der Waals surface area contributed by atoms with Crippen molar-refractivity contribution in [1.29, 1.82) is 0 Å². The molecule has 0 atom stereocenters. The first-order chi connectivity index (χ1) is 13.4. The molecule has 1 aliphatic heterocycles. The summed E-state index contributed by atoms with van der Waals surface area (Å²) in [5, 5.41) is 6.89. The SMILES string of the molecule is CN=C(NCCN(C(C)C)C(C)C)NCc1cccnc1N1CCN(C)CC1. The van der Waals surface area contributed by atoms with Crippen LogP contribution in [0, 0.1) is 0 Å². The molecule has 158 valence electrons. The van der Waals surface area contributed by atoms with E-state index in [0.29, 0.717) is 18.6 Å². The van der Waals surface area contributed by atoms with E-state index in [1.54, 1.807) is 0 Å². The number of rotatable bonds is 8. The van der Waals surface area contributed by atoms with Crippen LogP contribution < -0.4 is 15.5 Å². The minimum atomic E-state index is 0.540. The Morgan fingerprint density at radius 3 is 2.43 bits per heavy atom. The van der Waals surface area contributed by atoms with Crippen LogP contribution in [0.15, 0.2) is 23.3 Å². The highest BCUT2D eigenvalue weighted by atomic mass is 15.3. The second-order valence-electron chi connectivity index (χ2n) is 8.05. The Morgan fingerprint density at radius 1 is 1.14 bits per heavy atom. The number of guanidine groups is 1. The van der Waals surface area contributed by atoms with E-state index in [0.717, 1.165) is 51.0 Å². The molecule has 0 unspecified atom stereocenters. The number of likely N-dealkylation sites (N-methyl/N-ethyl adjacent to an activating group) is 1. The van der Waals surface area contributed by atoms with Crippen molar-refractivity contribution < 1.29 is 0 Å². The van der Waals surface area contributed by atoms with Gasteiger partial charge in [-0.3, -0.25) is 9.89 Å². The molecule has 1 aromatic heterocycles. The number of anilines is 1. The summed E-state index contributed by atoms with van der Waals surface area (Å²) in [6.07, 6.45) is 1.89. The molecule has 0 aromatic carbocycles. The number of pyridine rings is 1. The van der Waals surface area contributed by atoms with Crippen LogP contribution in [0.1, 0.15) is 33.3 Å². The van der Waals surface area contributed by atoms with Crippen molar-refractivity contribution >= 4 is 11.8 Å². The van der Waals surface area contributed by atoms with E-state index in [1.807, 2.05) is 19.3 Å². The molecule has 28 heavy (non-hydrogen) atoms. The number of hydrogen-bond acceptors (Lipinski definition) is 5. The Balaban J connectivity index is 1.88. The van der Waals surface area contributed by atoms with E-state index in [-0.39, 0.29) is 0 Å². The van der Waals surface area contributed by atoms with Crippen LogP contribution in [0.3, 0.4) is 0 Å². The predicted octanol–water partition coefficient (Wildman–Crippen LogP) is 1.62. The molecule has 7 nitrogen and oxygen atoms in total. The fourth-order valence-corrected chi connectivity index (χ4v) is 3.69. The fourth-order valence-electron chi connectivity index (χ4n) is 3.69. The normalized spacial score (nSPS) is 16.3. The zero-order valence-corrected chi connectivity index (χ0v) is 18.6. The van der Waals surface area contributed by atoms with Crippen molar-refractivity contribution in [2.75, 3.05) is 58.3 Å². The lowest BCUT2D eigenvalue weighted by Crippen LogP contribution is -2.46. The smallest absolute Gasteiger partial charge is 0.191 e. The van der Waals surface area contributed by atoms with Gasteiger partial charge in [0.2, 0.25) is 0 Å². The Hall–Kier alpha value is -1.86. The molecule has 0 bridgehead atoms. The Kier molecular flexibility index (Phi) is 8.99. The monoisotopic (exact) mass is 389 g/mol. The highest BCUT2D eigenvalue weighted by molar-refractivity contribution is 5.79. The standard InChI is InChI=1S/C21H39N7/c1-17(2)28(18(3)4)11-10-24-21(22-5)25-16-19-8-7-9-23-20(19)27-14-12-26(6)13-15-27/h7-9,17-18H,10-16H2,1-6H3,(H2,22,24,25). The molecule has 2 heterocycles. The van der Waals surface area contributed by atoms with E-state index in [2.05, 4.69) is 76.1 Å². The third kappa shape index (κ3) is 6.63. The van der Waals surface area contributed by atoms with Gasteiger partial charge < -0.3 is 20.4 Å². The third-order valence-electron chi connectivity index (χ3n) is 5.33. The number of hydrogen-bond donors (Lipinski definition) is 2. The van der Waals surface area contributed by atoms with Crippen molar-refractivity contribution in [3.63, 3.8) is 0 Å². The van der Waals surface area contributed by atoms with Gasteiger partial charge in [-0.15, -0.1) is 0 Å². The zero-order chi connectivity index (χ0) is 20.5. The molecule has 0 radical (unpaired) electrons. The number of aliphatic imine (C=N–C) groups is 1. The lowest BCUT2D eigenvalue weighted by molar-refractivity contribution is 0.178. The van der Waals surface area contributed by atoms with Gasteiger partial charge in [0.25, 0.3) is 0 Å². The molecule has 2 rings (SSSR count). The highest BCUT2D eigenvalue weighted by Crippen LogP contribution is 2.18. The maximum Gasteiger partial charge on any atom is 0.191 e. The number of piperazine rings is 1. The first-order valence-corrected chi connectivity index (χ1v) is 10.5. The topological polar surface area (TPSA) is 59.0 Å². The average molecular weight is 390 g/mol. The molecule has 2 N–H and O–H groups in total. The molecule has 1 saturated heterocycles. The molecule has 0 spiro atoms. The van der Waals surface area contributed by atoms with Crippen LogP contribution in [0.4, 0.5) is 5.82 Å². The van der Waals surface area contributed by atoms with Gasteiger partial charge in [-0.05, 0) is 40.8 Å². The van der Waals surface area contributed by atoms with Crippen LogP contribution >= 0.6 is 0 Å². The molecular formula is C21H39N7. The lowest BCUT2D eigenvalue weighted by atomic mass is 10.2. The van der Waals surface area contributed by atoms with Crippen molar-refractivity contribution in [2.24, 2.45) is 4.99 Å². The first-order valence-electron chi connectivity index (χ1n) is 10.5. The van der Waals surface area contributed by atoms with Gasteiger partial charge in [-0.1, -0.05) is 6.07 Å². The minimum Gasteiger partial charge on any atom is -0.355 e.